The minimum Gasteiger partial charge on any atom is -0.356 e. The van der Waals surface area contributed by atoms with Gasteiger partial charge in [0, 0.05) is 25.1 Å². The molecule has 88 valence electrons. The van der Waals surface area contributed by atoms with Gasteiger partial charge in [0.05, 0.1) is 5.56 Å². The summed E-state index contributed by atoms with van der Waals surface area (Å²) in [5.41, 5.74) is 3.63. The SMILES string of the molecule is Cc1ccccc1NC(=O)c1cn(C)cc1C. The normalized spacial score (nSPS) is 10.3. The van der Waals surface area contributed by atoms with Crippen molar-refractivity contribution in [3.63, 3.8) is 0 Å². The molecule has 1 N–H and O–H groups in total. The van der Waals surface area contributed by atoms with E-state index in [1.807, 2.05) is 62.1 Å². The molecular formula is C14H16N2O. The van der Waals surface area contributed by atoms with Crippen LogP contribution in [0.15, 0.2) is 36.7 Å². The van der Waals surface area contributed by atoms with E-state index in [1.54, 1.807) is 0 Å². The maximum Gasteiger partial charge on any atom is 0.257 e. The third kappa shape index (κ3) is 2.38. The van der Waals surface area contributed by atoms with Crippen molar-refractivity contribution in [1.82, 2.24) is 4.57 Å². The summed E-state index contributed by atoms with van der Waals surface area (Å²) in [6.07, 6.45) is 3.77. The lowest BCUT2D eigenvalue weighted by Crippen LogP contribution is -2.13. The number of nitrogens with one attached hydrogen (secondary N) is 1. The second-order valence-corrected chi connectivity index (χ2v) is 4.29. The number of aromatic nitrogens is 1. The molecule has 0 saturated carbocycles. The van der Waals surface area contributed by atoms with Crippen LogP contribution < -0.4 is 5.32 Å². The molecule has 0 aliphatic heterocycles. The monoisotopic (exact) mass is 228 g/mol. The Hall–Kier alpha value is -2.03. The quantitative estimate of drug-likeness (QED) is 0.842. The lowest BCUT2D eigenvalue weighted by Gasteiger charge is -2.07. The number of amides is 1. The molecule has 0 aliphatic rings. The van der Waals surface area contributed by atoms with Gasteiger partial charge in [-0.1, -0.05) is 18.2 Å². The van der Waals surface area contributed by atoms with Gasteiger partial charge in [-0.25, -0.2) is 0 Å². The van der Waals surface area contributed by atoms with Crippen LogP contribution >= 0.6 is 0 Å². The number of rotatable bonds is 2. The fraction of sp³-hybridized carbons (Fsp3) is 0.214. The first-order valence-corrected chi connectivity index (χ1v) is 5.57. The summed E-state index contributed by atoms with van der Waals surface area (Å²) in [4.78, 5) is 12.1. The van der Waals surface area contributed by atoms with Gasteiger partial charge in [0.2, 0.25) is 0 Å². The highest BCUT2D eigenvalue weighted by Gasteiger charge is 2.11. The maximum atomic E-state index is 12.1. The van der Waals surface area contributed by atoms with Crippen LogP contribution in [0.25, 0.3) is 0 Å². The number of hydrogen-bond acceptors (Lipinski definition) is 1. The number of carbonyl (C=O) groups excluding carboxylic acids is 1. The molecule has 2 rings (SSSR count). The van der Waals surface area contributed by atoms with Crippen molar-refractivity contribution >= 4 is 11.6 Å². The van der Waals surface area contributed by atoms with E-state index in [-0.39, 0.29) is 5.91 Å². The highest BCUT2D eigenvalue weighted by molar-refractivity contribution is 6.05. The molecule has 2 aromatic rings. The molecule has 3 heteroatoms. The van der Waals surface area contributed by atoms with Crippen LogP contribution in [0.5, 0.6) is 0 Å². The van der Waals surface area contributed by atoms with Crippen molar-refractivity contribution in [1.29, 1.82) is 0 Å². The number of anilines is 1. The lowest BCUT2D eigenvalue weighted by atomic mass is 10.1. The number of hydrogen-bond donors (Lipinski definition) is 1. The van der Waals surface area contributed by atoms with E-state index in [2.05, 4.69) is 5.32 Å². The molecule has 1 heterocycles. The smallest absolute Gasteiger partial charge is 0.257 e. The van der Waals surface area contributed by atoms with E-state index < -0.39 is 0 Å². The van der Waals surface area contributed by atoms with Gasteiger partial charge in [-0.3, -0.25) is 4.79 Å². The summed E-state index contributed by atoms with van der Waals surface area (Å²) < 4.78 is 1.89. The van der Waals surface area contributed by atoms with Crippen LogP contribution in [0.3, 0.4) is 0 Å². The number of aryl methyl sites for hydroxylation is 3. The minimum absolute atomic E-state index is 0.0580. The first-order chi connectivity index (χ1) is 8.08. The third-order valence-electron chi connectivity index (χ3n) is 2.79. The first-order valence-electron chi connectivity index (χ1n) is 5.57. The number of benzene rings is 1. The van der Waals surface area contributed by atoms with E-state index in [9.17, 15) is 4.79 Å². The molecule has 0 spiro atoms. The van der Waals surface area contributed by atoms with Gasteiger partial charge in [-0.05, 0) is 31.0 Å². The second kappa shape index (κ2) is 4.45. The fourth-order valence-corrected chi connectivity index (χ4v) is 1.86. The Morgan fingerprint density at radius 1 is 1.12 bits per heavy atom. The molecule has 0 saturated heterocycles. The van der Waals surface area contributed by atoms with Crippen LogP contribution in [0.4, 0.5) is 5.69 Å². The molecule has 1 amide bonds. The van der Waals surface area contributed by atoms with Gasteiger partial charge in [-0.15, -0.1) is 0 Å². The van der Waals surface area contributed by atoms with Crippen molar-refractivity contribution < 1.29 is 4.79 Å². The molecule has 0 unspecified atom stereocenters. The predicted octanol–water partition coefficient (Wildman–Crippen LogP) is 2.89. The van der Waals surface area contributed by atoms with Gasteiger partial charge in [-0.2, -0.15) is 0 Å². The summed E-state index contributed by atoms with van der Waals surface area (Å²) in [5, 5.41) is 2.93. The van der Waals surface area contributed by atoms with Crippen molar-refractivity contribution in [3.8, 4) is 0 Å². The molecule has 0 radical (unpaired) electrons. The first kappa shape index (κ1) is 11.5. The number of nitrogens with zero attached hydrogens (tertiary/aromatic N) is 1. The Bertz CT molecular complexity index is 555. The van der Waals surface area contributed by atoms with Crippen molar-refractivity contribution in [2.45, 2.75) is 13.8 Å². The second-order valence-electron chi connectivity index (χ2n) is 4.29. The molecule has 0 fully saturated rings. The topological polar surface area (TPSA) is 34.0 Å². The van der Waals surface area contributed by atoms with Crippen LogP contribution in [0.2, 0.25) is 0 Å². The largest absolute Gasteiger partial charge is 0.356 e. The molecule has 0 aliphatic carbocycles. The fourth-order valence-electron chi connectivity index (χ4n) is 1.86. The van der Waals surface area contributed by atoms with Gasteiger partial charge in [0.1, 0.15) is 0 Å². The zero-order chi connectivity index (χ0) is 12.4. The number of para-hydroxylation sites is 1. The maximum absolute atomic E-state index is 12.1. The van der Waals surface area contributed by atoms with Crippen molar-refractivity contribution in [3.05, 3.63) is 53.3 Å². The average Bonchev–Trinajstić information content (AvgIpc) is 2.61. The molecule has 17 heavy (non-hydrogen) atoms. The van der Waals surface area contributed by atoms with Crippen LogP contribution in [0.1, 0.15) is 21.5 Å². The predicted molar refractivity (Wildman–Crippen MR) is 69.3 cm³/mol. The minimum atomic E-state index is -0.0580. The molecule has 0 bridgehead atoms. The van der Waals surface area contributed by atoms with Crippen molar-refractivity contribution in [2.24, 2.45) is 7.05 Å². The van der Waals surface area contributed by atoms with Crippen LogP contribution in [-0.2, 0) is 7.05 Å². The summed E-state index contributed by atoms with van der Waals surface area (Å²) in [6.45, 7) is 3.92. The Morgan fingerprint density at radius 3 is 2.41 bits per heavy atom. The third-order valence-corrected chi connectivity index (χ3v) is 2.79. The molecule has 1 aromatic heterocycles. The molecule has 1 aromatic carbocycles. The highest BCUT2D eigenvalue weighted by atomic mass is 16.1. The van der Waals surface area contributed by atoms with E-state index in [0.717, 1.165) is 22.4 Å². The van der Waals surface area contributed by atoms with Crippen LogP contribution in [-0.4, -0.2) is 10.5 Å². The zero-order valence-corrected chi connectivity index (χ0v) is 10.3. The van der Waals surface area contributed by atoms with E-state index in [4.69, 9.17) is 0 Å². The van der Waals surface area contributed by atoms with Gasteiger partial charge in [0.15, 0.2) is 0 Å². The highest BCUT2D eigenvalue weighted by Crippen LogP contribution is 2.16. The Morgan fingerprint density at radius 2 is 1.82 bits per heavy atom. The van der Waals surface area contributed by atoms with Gasteiger partial charge >= 0.3 is 0 Å². The molecule has 0 atom stereocenters. The van der Waals surface area contributed by atoms with Crippen molar-refractivity contribution in [2.75, 3.05) is 5.32 Å². The summed E-state index contributed by atoms with van der Waals surface area (Å²) in [7, 11) is 1.91. The molecular weight excluding hydrogens is 212 g/mol. The Labute approximate surface area is 101 Å². The van der Waals surface area contributed by atoms with Gasteiger partial charge < -0.3 is 9.88 Å². The zero-order valence-electron chi connectivity index (χ0n) is 10.3. The van der Waals surface area contributed by atoms with E-state index >= 15 is 0 Å². The summed E-state index contributed by atoms with van der Waals surface area (Å²) in [5.74, 6) is -0.0580. The standard InChI is InChI=1S/C14H16N2O/c1-10-6-4-5-7-13(10)15-14(17)12-9-16(3)8-11(12)2/h4-9H,1-3H3,(H,15,17). The molecule has 3 nitrogen and oxygen atoms in total. The number of carbonyl (C=O) groups is 1. The lowest BCUT2D eigenvalue weighted by molar-refractivity contribution is 0.102. The Balaban J connectivity index is 2.23. The average molecular weight is 228 g/mol. The Kier molecular flexibility index (Phi) is 3.00. The van der Waals surface area contributed by atoms with Gasteiger partial charge in [0.25, 0.3) is 5.91 Å². The summed E-state index contributed by atoms with van der Waals surface area (Å²) in [6, 6.07) is 7.76. The van der Waals surface area contributed by atoms with Crippen LogP contribution in [0, 0.1) is 13.8 Å². The van der Waals surface area contributed by atoms with E-state index in [1.165, 1.54) is 0 Å². The van der Waals surface area contributed by atoms with E-state index in [0.29, 0.717) is 0 Å². The summed E-state index contributed by atoms with van der Waals surface area (Å²) >= 11 is 0.